The van der Waals surface area contributed by atoms with Gasteiger partial charge in [0.05, 0.1) is 0 Å². The number of halogens is 1. The Morgan fingerprint density at radius 1 is 1.43 bits per heavy atom. The van der Waals surface area contributed by atoms with Crippen LogP contribution in [0.1, 0.15) is 5.56 Å². The largest absolute Gasteiger partial charge is 0.480 e. The molecule has 0 fully saturated rings. The third-order valence-electron chi connectivity index (χ3n) is 1.90. The number of aliphatic carboxylic acids is 1. The SMILES string of the molecule is O=C(O)[C@H](Cc1ccccc1)NCF. The zero-order valence-corrected chi connectivity index (χ0v) is 7.61. The van der Waals surface area contributed by atoms with E-state index in [4.69, 9.17) is 5.11 Å². The lowest BCUT2D eigenvalue weighted by Gasteiger charge is -2.11. The van der Waals surface area contributed by atoms with Gasteiger partial charge in [0.1, 0.15) is 12.8 Å². The summed E-state index contributed by atoms with van der Waals surface area (Å²) in [7, 11) is 0. The minimum absolute atomic E-state index is 0.292. The molecular formula is C10H12FNO2. The fraction of sp³-hybridized carbons (Fsp3) is 0.300. The van der Waals surface area contributed by atoms with Gasteiger partial charge in [0.15, 0.2) is 0 Å². The number of benzene rings is 1. The first-order chi connectivity index (χ1) is 6.74. The van der Waals surface area contributed by atoms with Gasteiger partial charge < -0.3 is 5.11 Å². The van der Waals surface area contributed by atoms with Gasteiger partial charge in [-0.2, -0.15) is 0 Å². The molecule has 0 saturated carbocycles. The molecule has 76 valence electrons. The second-order valence-electron chi connectivity index (χ2n) is 2.92. The molecule has 2 N–H and O–H groups in total. The summed E-state index contributed by atoms with van der Waals surface area (Å²) in [4.78, 5) is 10.7. The van der Waals surface area contributed by atoms with Crippen LogP contribution < -0.4 is 5.32 Å². The normalized spacial score (nSPS) is 12.4. The lowest BCUT2D eigenvalue weighted by molar-refractivity contribution is -0.139. The Bertz CT molecular complexity index is 289. The molecule has 4 heteroatoms. The number of carboxylic acid groups (broad SMARTS) is 1. The zero-order chi connectivity index (χ0) is 10.4. The Labute approximate surface area is 81.6 Å². The molecule has 1 aromatic rings. The van der Waals surface area contributed by atoms with Crippen LogP contribution in [0.15, 0.2) is 30.3 Å². The minimum Gasteiger partial charge on any atom is -0.480 e. The van der Waals surface area contributed by atoms with Gasteiger partial charge in [0.2, 0.25) is 0 Å². The molecule has 0 bridgehead atoms. The average molecular weight is 197 g/mol. The molecular weight excluding hydrogens is 185 g/mol. The standard InChI is InChI=1S/C10H12FNO2/c11-7-12-9(10(13)14)6-8-4-2-1-3-5-8/h1-5,9,12H,6-7H2,(H,13,14)/t9-/m0/s1. The predicted molar refractivity (Wildman–Crippen MR) is 50.7 cm³/mol. The van der Waals surface area contributed by atoms with Crippen LogP contribution in [0.25, 0.3) is 0 Å². The van der Waals surface area contributed by atoms with Gasteiger partial charge in [-0.25, -0.2) is 4.39 Å². The van der Waals surface area contributed by atoms with Gasteiger partial charge in [0.25, 0.3) is 0 Å². The van der Waals surface area contributed by atoms with Crippen molar-refractivity contribution in [3.8, 4) is 0 Å². The third-order valence-corrected chi connectivity index (χ3v) is 1.90. The van der Waals surface area contributed by atoms with Crippen LogP contribution in [0.3, 0.4) is 0 Å². The lowest BCUT2D eigenvalue weighted by atomic mass is 10.1. The van der Waals surface area contributed by atoms with E-state index < -0.39 is 18.8 Å². The van der Waals surface area contributed by atoms with Crippen molar-refractivity contribution in [1.82, 2.24) is 5.32 Å². The van der Waals surface area contributed by atoms with Crippen LogP contribution in [0.5, 0.6) is 0 Å². The smallest absolute Gasteiger partial charge is 0.321 e. The number of carbonyl (C=O) groups is 1. The van der Waals surface area contributed by atoms with Crippen molar-refractivity contribution in [3.63, 3.8) is 0 Å². The summed E-state index contributed by atoms with van der Waals surface area (Å²) in [5, 5.41) is 11.0. The Morgan fingerprint density at radius 2 is 2.07 bits per heavy atom. The third kappa shape index (κ3) is 3.14. The lowest BCUT2D eigenvalue weighted by Crippen LogP contribution is -2.37. The summed E-state index contributed by atoms with van der Waals surface area (Å²) in [6.45, 7) is -0.830. The van der Waals surface area contributed by atoms with Crippen LogP contribution in [0.4, 0.5) is 4.39 Å². The van der Waals surface area contributed by atoms with Crippen molar-refractivity contribution in [1.29, 1.82) is 0 Å². The van der Waals surface area contributed by atoms with E-state index in [0.717, 1.165) is 5.56 Å². The van der Waals surface area contributed by atoms with Crippen LogP contribution in [0, 0.1) is 0 Å². The first kappa shape index (κ1) is 10.7. The first-order valence-corrected chi connectivity index (χ1v) is 4.30. The molecule has 0 radical (unpaired) electrons. The van der Waals surface area contributed by atoms with E-state index in [2.05, 4.69) is 5.32 Å². The maximum Gasteiger partial charge on any atom is 0.321 e. The van der Waals surface area contributed by atoms with E-state index in [0.29, 0.717) is 6.42 Å². The van der Waals surface area contributed by atoms with Crippen LogP contribution in [-0.4, -0.2) is 23.9 Å². The summed E-state index contributed by atoms with van der Waals surface area (Å²) in [5.74, 6) is -1.04. The topological polar surface area (TPSA) is 49.3 Å². The van der Waals surface area contributed by atoms with Crippen LogP contribution >= 0.6 is 0 Å². The van der Waals surface area contributed by atoms with Crippen LogP contribution in [0.2, 0.25) is 0 Å². The summed E-state index contributed by atoms with van der Waals surface area (Å²) in [6.07, 6.45) is 0.292. The number of nitrogens with one attached hydrogen (secondary N) is 1. The number of carboxylic acids is 1. The molecule has 3 nitrogen and oxygen atoms in total. The predicted octanol–water partition coefficient (Wildman–Crippen LogP) is 1.20. The van der Waals surface area contributed by atoms with E-state index in [1.54, 1.807) is 0 Å². The maximum atomic E-state index is 11.9. The fourth-order valence-electron chi connectivity index (χ4n) is 1.19. The second-order valence-corrected chi connectivity index (χ2v) is 2.92. The van der Waals surface area contributed by atoms with E-state index in [-0.39, 0.29) is 0 Å². The molecule has 0 aliphatic rings. The molecule has 0 aliphatic heterocycles. The molecule has 0 saturated heterocycles. The van der Waals surface area contributed by atoms with Gasteiger partial charge in [-0.3, -0.25) is 10.1 Å². The number of hydrogen-bond acceptors (Lipinski definition) is 2. The summed E-state index contributed by atoms with van der Waals surface area (Å²) in [5.41, 5.74) is 0.876. The summed E-state index contributed by atoms with van der Waals surface area (Å²) < 4.78 is 11.9. The zero-order valence-electron chi connectivity index (χ0n) is 7.61. The molecule has 14 heavy (non-hydrogen) atoms. The summed E-state index contributed by atoms with van der Waals surface area (Å²) in [6, 6.07) is 8.27. The van der Waals surface area contributed by atoms with E-state index in [1.165, 1.54) is 0 Å². The summed E-state index contributed by atoms with van der Waals surface area (Å²) >= 11 is 0. The first-order valence-electron chi connectivity index (χ1n) is 4.30. The van der Waals surface area contributed by atoms with Gasteiger partial charge in [0, 0.05) is 0 Å². The van der Waals surface area contributed by atoms with Gasteiger partial charge in [-0.15, -0.1) is 0 Å². The number of alkyl halides is 1. The van der Waals surface area contributed by atoms with Gasteiger partial charge in [-0.05, 0) is 12.0 Å². The second kappa shape index (κ2) is 5.34. The van der Waals surface area contributed by atoms with Gasteiger partial charge in [-0.1, -0.05) is 30.3 Å². The molecule has 0 aliphatic carbocycles. The Kier molecular flexibility index (Phi) is 4.07. The van der Waals surface area contributed by atoms with Crippen LogP contribution in [-0.2, 0) is 11.2 Å². The van der Waals surface area contributed by atoms with E-state index >= 15 is 0 Å². The highest BCUT2D eigenvalue weighted by molar-refractivity contribution is 5.73. The van der Waals surface area contributed by atoms with Crippen molar-refractivity contribution in [3.05, 3.63) is 35.9 Å². The minimum atomic E-state index is -1.04. The molecule has 0 aromatic heterocycles. The Hall–Kier alpha value is -1.42. The fourth-order valence-corrected chi connectivity index (χ4v) is 1.19. The highest BCUT2D eigenvalue weighted by Gasteiger charge is 2.16. The highest BCUT2D eigenvalue weighted by atomic mass is 19.1. The number of rotatable bonds is 5. The highest BCUT2D eigenvalue weighted by Crippen LogP contribution is 2.03. The van der Waals surface area contributed by atoms with E-state index in [1.807, 2.05) is 30.3 Å². The molecule has 0 amide bonds. The average Bonchev–Trinajstić information content (AvgIpc) is 2.18. The molecule has 0 heterocycles. The molecule has 1 atom stereocenters. The Balaban J connectivity index is 2.60. The maximum absolute atomic E-state index is 11.9. The molecule has 1 rings (SSSR count). The Morgan fingerprint density at radius 3 is 2.57 bits per heavy atom. The number of hydrogen-bond donors (Lipinski definition) is 2. The van der Waals surface area contributed by atoms with E-state index in [9.17, 15) is 9.18 Å². The molecule has 0 spiro atoms. The molecule has 1 aromatic carbocycles. The van der Waals surface area contributed by atoms with Crippen molar-refractivity contribution in [2.24, 2.45) is 0 Å². The van der Waals surface area contributed by atoms with Crippen molar-refractivity contribution in [2.45, 2.75) is 12.5 Å². The van der Waals surface area contributed by atoms with Gasteiger partial charge >= 0.3 is 5.97 Å². The van der Waals surface area contributed by atoms with Crippen molar-refractivity contribution in [2.75, 3.05) is 6.80 Å². The van der Waals surface area contributed by atoms with Crippen molar-refractivity contribution < 1.29 is 14.3 Å². The molecule has 0 unspecified atom stereocenters. The van der Waals surface area contributed by atoms with Crippen molar-refractivity contribution >= 4 is 5.97 Å². The monoisotopic (exact) mass is 197 g/mol. The quantitative estimate of drug-likeness (QED) is 0.697.